The molecule has 25 heavy (non-hydrogen) atoms. The van der Waals surface area contributed by atoms with Gasteiger partial charge in [0.2, 0.25) is 0 Å². The van der Waals surface area contributed by atoms with Crippen LogP contribution in [0.25, 0.3) is 0 Å². The van der Waals surface area contributed by atoms with Gasteiger partial charge in [-0.2, -0.15) is 8.78 Å². The molecule has 1 aromatic carbocycles. The molecule has 0 heterocycles. The van der Waals surface area contributed by atoms with Crippen LogP contribution < -0.4 is 4.74 Å². The van der Waals surface area contributed by atoms with Crippen LogP contribution in [0.15, 0.2) is 24.8 Å². The summed E-state index contributed by atoms with van der Waals surface area (Å²) >= 11 is 0. The Morgan fingerprint density at radius 3 is 2.12 bits per heavy atom. The summed E-state index contributed by atoms with van der Waals surface area (Å²) in [6, 6.07) is 2.20. The summed E-state index contributed by atoms with van der Waals surface area (Å²) in [4.78, 5) is 0. The number of rotatable bonds is 9. The van der Waals surface area contributed by atoms with Gasteiger partial charge < -0.3 is 4.74 Å². The van der Waals surface area contributed by atoms with E-state index < -0.39 is 24.0 Å². The van der Waals surface area contributed by atoms with Gasteiger partial charge in [-0.05, 0) is 55.2 Å². The van der Waals surface area contributed by atoms with Crippen molar-refractivity contribution in [2.75, 3.05) is 0 Å². The SMILES string of the molecule is C=CCCCC1CCC(CCc2cc(F)c(OC(F)F)c(F)c2)CC1. The molecule has 0 saturated heterocycles. The summed E-state index contributed by atoms with van der Waals surface area (Å²) in [5.41, 5.74) is 0.490. The number of halogens is 4. The molecular formula is C20H26F4O. The van der Waals surface area contributed by atoms with Crippen molar-refractivity contribution < 1.29 is 22.3 Å². The predicted molar refractivity (Wildman–Crippen MR) is 90.8 cm³/mol. The molecule has 1 aromatic rings. The molecule has 2 rings (SSSR count). The third-order valence-electron chi connectivity index (χ3n) is 5.09. The molecular weight excluding hydrogens is 332 g/mol. The number of aryl methyl sites for hydroxylation is 1. The zero-order valence-corrected chi connectivity index (χ0v) is 14.5. The van der Waals surface area contributed by atoms with Gasteiger partial charge in [0.05, 0.1) is 0 Å². The molecule has 1 aliphatic carbocycles. The smallest absolute Gasteiger partial charge is 0.387 e. The normalized spacial score (nSPS) is 20.7. The zero-order valence-electron chi connectivity index (χ0n) is 14.5. The van der Waals surface area contributed by atoms with Crippen molar-refractivity contribution in [2.24, 2.45) is 11.8 Å². The van der Waals surface area contributed by atoms with E-state index in [0.717, 1.165) is 43.7 Å². The Bertz CT molecular complexity index is 528. The minimum atomic E-state index is -3.24. The van der Waals surface area contributed by atoms with Crippen molar-refractivity contribution in [1.82, 2.24) is 0 Å². The zero-order chi connectivity index (χ0) is 18.2. The van der Waals surface area contributed by atoms with Gasteiger partial charge in [-0.1, -0.05) is 38.2 Å². The predicted octanol–water partition coefficient (Wildman–Crippen LogP) is 6.66. The molecule has 0 aliphatic heterocycles. The topological polar surface area (TPSA) is 9.23 Å². The second-order valence-electron chi connectivity index (χ2n) is 6.91. The molecule has 1 saturated carbocycles. The van der Waals surface area contributed by atoms with Crippen LogP contribution in [0.4, 0.5) is 17.6 Å². The van der Waals surface area contributed by atoms with Crippen molar-refractivity contribution in [2.45, 2.75) is 64.4 Å². The standard InChI is InChI=1S/C20H26F4O/c1-2-3-4-5-14-6-8-15(9-7-14)10-11-16-12-17(21)19(18(22)13-16)25-20(23)24/h2,12-15,20H,1,3-11H2. The van der Waals surface area contributed by atoms with E-state index in [-0.39, 0.29) is 0 Å². The Morgan fingerprint density at radius 2 is 1.60 bits per heavy atom. The first-order chi connectivity index (χ1) is 12.0. The molecule has 140 valence electrons. The van der Waals surface area contributed by atoms with Crippen LogP contribution in [-0.4, -0.2) is 6.61 Å². The Balaban J connectivity index is 1.79. The Kier molecular flexibility index (Phi) is 7.79. The second-order valence-corrected chi connectivity index (χ2v) is 6.91. The Morgan fingerprint density at radius 1 is 1.04 bits per heavy atom. The van der Waals surface area contributed by atoms with Gasteiger partial charge in [0.25, 0.3) is 0 Å². The van der Waals surface area contributed by atoms with E-state index >= 15 is 0 Å². The molecule has 0 N–H and O–H groups in total. The summed E-state index contributed by atoms with van der Waals surface area (Å²) in [5, 5.41) is 0. The number of hydrogen-bond donors (Lipinski definition) is 0. The molecule has 1 aliphatic rings. The Hall–Kier alpha value is -1.52. The number of unbranched alkanes of at least 4 members (excludes halogenated alkanes) is 1. The molecule has 0 spiro atoms. The van der Waals surface area contributed by atoms with Gasteiger partial charge in [0, 0.05) is 0 Å². The van der Waals surface area contributed by atoms with Crippen LogP contribution in [0.5, 0.6) is 5.75 Å². The first-order valence-electron chi connectivity index (χ1n) is 9.03. The third-order valence-corrected chi connectivity index (χ3v) is 5.09. The van der Waals surface area contributed by atoms with Gasteiger partial charge in [-0.15, -0.1) is 6.58 Å². The van der Waals surface area contributed by atoms with Crippen LogP contribution in [0, 0.1) is 23.5 Å². The lowest BCUT2D eigenvalue weighted by Crippen LogP contribution is -2.15. The van der Waals surface area contributed by atoms with Crippen molar-refractivity contribution in [1.29, 1.82) is 0 Å². The largest absolute Gasteiger partial charge is 0.429 e. The van der Waals surface area contributed by atoms with Crippen molar-refractivity contribution >= 4 is 0 Å². The van der Waals surface area contributed by atoms with Crippen LogP contribution in [0.3, 0.4) is 0 Å². The van der Waals surface area contributed by atoms with Gasteiger partial charge in [-0.3, -0.25) is 0 Å². The average molecular weight is 358 g/mol. The summed E-state index contributed by atoms with van der Waals surface area (Å²) in [5.74, 6) is -1.78. The van der Waals surface area contributed by atoms with Crippen LogP contribution >= 0.6 is 0 Å². The van der Waals surface area contributed by atoms with E-state index in [1.54, 1.807) is 0 Å². The van der Waals surface area contributed by atoms with Crippen molar-refractivity contribution in [3.63, 3.8) is 0 Å². The summed E-state index contributed by atoms with van der Waals surface area (Å²) < 4.78 is 55.6. The maximum Gasteiger partial charge on any atom is 0.387 e. The first-order valence-corrected chi connectivity index (χ1v) is 9.03. The lowest BCUT2D eigenvalue weighted by atomic mass is 9.78. The van der Waals surface area contributed by atoms with Gasteiger partial charge in [-0.25, -0.2) is 8.78 Å². The maximum atomic E-state index is 13.7. The molecule has 0 aromatic heterocycles. The Labute approximate surface area is 147 Å². The fraction of sp³-hybridized carbons (Fsp3) is 0.600. The van der Waals surface area contributed by atoms with E-state index in [2.05, 4.69) is 11.3 Å². The molecule has 1 nitrogen and oxygen atoms in total. The molecule has 5 heteroatoms. The minimum absolute atomic E-state index is 0.490. The molecule has 0 unspecified atom stereocenters. The highest BCUT2D eigenvalue weighted by molar-refractivity contribution is 5.31. The highest BCUT2D eigenvalue weighted by atomic mass is 19.3. The quantitative estimate of drug-likeness (QED) is 0.272. The fourth-order valence-corrected chi connectivity index (χ4v) is 3.69. The third kappa shape index (κ3) is 6.37. The summed E-state index contributed by atoms with van der Waals surface area (Å²) in [7, 11) is 0. The first kappa shape index (κ1) is 19.8. The molecule has 0 amide bonds. The lowest BCUT2D eigenvalue weighted by Gasteiger charge is -2.28. The molecule has 1 fully saturated rings. The molecule has 0 radical (unpaired) electrons. The van der Waals surface area contributed by atoms with E-state index in [4.69, 9.17) is 0 Å². The van der Waals surface area contributed by atoms with Crippen LogP contribution in [-0.2, 0) is 6.42 Å². The van der Waals surface area contributed by atoms with Crippen LogP contribution in [0.1, 0.15) is 56.9 Å². The number of ether oxygens (including phenoxy) is 1. The molecule has 0 bridgehead atoms. The number of allylic oxidation sites excluding steroid dienone is 1. The minimum Gasteiger partial charge on any atom is -0.429 e. The molecule has 0 atom stereocenters. The highest BCUT2D eigenvalue weighted by Gasteiger charge is 2.21. The highest BCUT2D eigenvalue weighted by Crippen LogP contribution is 2.34. The van der Waals surface area contributed by atoms with E-state index in [1.807, 2.05) is 6.08 Å². The second kappa shape index (κ2) is 9.83. The summed E-state index contributed by atoms with van der Waals surface area (Å²) in [6.07, 6.45) is 11.6. The van der Waals surface area contributed by atoms with Crippen molar-refractivity contribution in [3.8, 4) is 5.75 Å². The average Bonchev–Trinajstić information content (AvgIpc) is 2.57. The van der Waals surface area contributed by atoms with Crippen molar-refractivity contribution in [3.05, 3.63) is 42.0 Å². The monoisotopic (exact) mass is 358 g/mol. The number of benzene rings is 1. The number of alkyl halides is 2. The van der Waals surface area contributed by atoms with E-state index in [9.17, 15) is 17.6 Å². The maximum absolute atomic E-state index is 13.7. The van der Waals surface area contributed by atoms with E-state index in [0.29, 0.717) is 17.9 Å². The van der Waals surface area contributed by atoms with Gasteiger partial charge in [0.1, 0.15) is 0 Å². The lowest BCUT2D eigenvalue weighted by molar-refractivity contribution is -0.0546. The van der Waals surface area contributed by atoms with Crippen LogP contribution in [0.2, 0.25) is 0 Å². The van der Waals surface area contributed by atoms with Gasteiger partial charge >= 0.3 is 6.61 Å². The fourth-order valence-electron chi connectivity index (χ4n) is 3.69. The van der Waals surface area contributed by atoms with E-state index in [1.165, 1.54) is 25.7 Å². The summed E-state index contributed by atoms with van der Waals surface area (Å²) in [6.45, 7) is 0.503. The van der Waals surface area contributed by atoms with Gasteiger partial charge in [0.15, 0.2) is 17.4 Å². The number of hydrogen-bond acceptors (Lipinski definition) is 1.